The van der Waals surface area contributed by atoms with Crippen LogP contribution in [-0.2, 0) is 13.0 Å². The molecule has 0 saturated carbocycles. The number of fused-ring (bicyclic) bond motifs is 1. The lowest BCUT2D eigenvalue weighted by molar-refractivity contribution is 0.0736. The molecule has 3 aromatic rings. The number of hydrogen-bond donors (Lipinski definition) is 1. The van der Waals surface area contributed by atoms with Crippen LogP contribution in [0.2, 0.25) is 5.02 Å². The summed E-state index contributed by atoms with van der Waals surface area (Å²) in [6.45, 7) is 0.986. The van der Waals surface area contributed by atoms with Gasteiger partial charge in [-0.15, -0.1) is 0 Å². The summed E-state index contributed by atoms with van der Waals surface area (Å²) in [5, 5.41) is 3.72. The molecule has 1 aliphatic heterocycles. The molecule has 2 amide bonds. The van der Waals surface area contributed by atoms with Crippen molar-refractivity contribution >= 4 is 55.8 Å². The van der Waals surface area contributed by atoms with Gasteiger partial charge in [0.05, 0.1) is 22.8 Å². The van der Waals surface area contributed by atoms with E-state index < -0.39 is 0 Å². The van der Waals surface area contributed by atoms with Crippen LogP contribution in [0.5, 0.6) is 0 Å². The molecule has 1 aliphatic rings. The van der Waals surface area contributed by atoms with Gasteiger partial charge in [0, 0.05) is 28.5 Å². The highest BCUT2D eigenvalue weighted by molar-refractivity contribution is 9.10. The summed E-state index contributed by atoms with van der Waals surface area (Å²) < 4.78 is 0.801. The molecule has 4 rings (SSSR count). The largest absolute Gasteiger partial charge is 0.333 e. The second-order valence-corrected chi connectivity index (χ2v) is 8.57. The maximum absolute atomic E-state index is 12.9. The Morgan fingerprint density at radius 3 is 2.89 bits per heavy atom. The summed E-state index contributed by atoms with van der Waals surface area (Å²) in [5.74, 6) is -0.426. The summed E-state index contributed by atoms with van der Waals surface area (Å²) >= 11 is 11.0. The van der Waals surface area contributed by atoms with Gasteiger partial charge in [0.15, 0.2) is 5.13 Å². The Bertz CT molecular complexity index is 1060. The van der Waals surface area contributed by atoms with Crippen molar-refractivity contribution in [1.82, 2.24) is 14.9 Å². The summed E-state index contributed by atoms with van der Waals surface area (Å²) in [7, 11) is 0. The van der Waals surface area contributed by atoms with Crippen LogP contribution in [0, 0.1) is 0 Å². The highest BCUT2D eigenvalue weighted by Crippen LogP contribution is 2.30. The number of carbonyl (C=O) groups is 2. The monoisotopic (exact) mass is 476 g/mol. The molecule has 3 heterocycles. The zero-order valence-electron chi connectivity index (χ0n) is 14.5. The maximum Gasteiger partial charge on any atom is 0.276 e. The number of thiazole rings is 1. The van der Waals surface area contributed by atoms with Crippen LogP contribution in [0.3, 0.4) is 0 Å². The molecule has 0 atom stereocenters. The molecule has 0 fully saturated rings. The molecule has 2 aromatic heterocycles. The Labute approximate surface area is 178 Å². The highest BCUT2D eigenvalue weighted by Gasteiger charge is 2.26. The van der Waals surface area contributed by atoms with Crippen molar-refractivity contribution in [3.05, 3.63) is 73.9 Å². The van der Waals surface area contributed by atoms with E-state index >= 15 is 0 Å². The number of amides is 2. The smallest absolute Gasteiger partial charge is 0.276 e. The van der Waals surface area contributed by atoms with E-state index in [9.17, 15) is 9.59 Å². The molecule has 0 bridgehead atoms. The Morgan fingerprint density at radius 2 is 2.11 bits per heavy atom. The minimum Gasteiger partial charge on any atom is -0.333 e. The van der Waals surface area contributed by atoms with Crippen LogP contribution in [-0.4, -0.2) is 33.2 Å². The Balaban J connectivity index is 1.49. The van der Waals surface area contributed by atoms with Gasteiger partial charge in [-0.2, -0.15) is 0 Å². The van der Waals surface area contributed by atoms with Crippen molar-refractivity contribution in [2.24, 2.45) is 0 Å². The number of carbonyl (C=O) groups excluding carboxylic acids is 2. The molecule has 9 heteroatoms. The number of halogens is 2. The standard InChI is InChI=1S/C19H14BrClN4O2S/c20-11-4-5-13(21)12(9-11)18(27)25-8-6-14-16(10-25)28-19(23-14)24-17(26)15-3-1-2-7-22-15/h1-5,7,9H,6,8,10H2,(H,23,24,26). The second-order valence-electron chi connectivity index (χ2n) is 6.16. The number of benzene rings is 1. The number of nitrogens with zero attached hydrogens (tertiary/aromatic N) is 3. The number of nitrogens with one attached hydrogen (secondary N) is 1. The third-order valence-corrected chi connectivity index (χ3v) is 6.12. The molecule has 0 aliphatic carbocycles. The number of anilines is 1. The molecule has 0 unspecified atom stereocenters. The van der Waals surface area contributed by atoms with E-state index in [1.807, 2.05) is 0 Å². The summed E-state index contributed by atoms with van der Waals surface area (Å²) in [4.78, 5) is 36.4. The van der Waals surface area contributed by atoms with Crippen LogP contribution >= 0.6 is 38.9 Å². The van der Waals surface area contributed by atoms with E-state index in [4.69, 9.17) is 11.6 Å². The minimum absolute atomic E-state index is 0.121. The fourth-order valence-corrected chi connectivity index (χ4v) is 4.49. The summed E-state index contributed by atoms with van der Waals surface area (Å²) in [6.07, 6.45) is 2.20. The van der Waals surface area contributed by atoms with E-state index in [2.05, 4.69) is 31.2 Å². The number of rotatable bonds is 3. The first-order chi connectivity index (χ1) is 13.5. The lowest BCUT2D eigenvalue weighted by Gasteiger charge is -2.26. The predicted molar refractivity (Wildman–Crippen MR) is 112 cm³/mol. The van der Waals surface area contributed by atoms with E-state index in [-0.39, 0.29) is 11.8 Å². The molecule has 1 aromatic carbocycles. The van der Waals surface area contributed by atoms with E-state index in [1.54, 1.807) is 47.5 Å². The molecule has 0 saturated heterocycles. The molecule has 28 heavy (non-hydrogen) atoms. The maximum atomic E-state index is 12.9. The number of aromatic nitrogens is 2. The van der Waals surface area contributed by atoms with Gasteiger partial charge in [0.25, 0.3) is 11.8 Å². The Kier molecular flexibility index (Phi) is 5.43. The van der Waals surface area contributed by atoms with Gasteiger partial charge < -0.3 is 4.90 Å². The van der Waals surface area contributed by atoms with Gasteiger partial charge in [0.1, 0.15) is 5.69 Å². The van der Waals surface area contributed by atoms with Gasteiger partial charge in [-0.05, 0) is 30.3 Å². The predicted octanol–water partition coefficient (Wildman–Crippen LogP) is 4.40. The lowest BCUT2D eigenvalue weighted by Crippen LogP contribution is -2.35. The van der Waals surface area contributed by atoms with Gasteiger partial charge in [-0.3, -0.25) is 19.9 Å². The highest BCUT2D eigenvalue weighted by atomic mass is 79.9. The fourth-order valence-electron chi connectivity index (χ4n) is 2.91. The normalized spacial score (nSPS) is 13.1. The van der Waals surface area contributed by atoms with Gasteiger partial charge in [-0.25, -0.2) is 4.98 Å². The molecule has 0 spiro atoms. The van der Waals surface area contributed by atoms with Crippen LogP contribution in [0.4, 0.5) is 5.13 Å². The molecule has 1 N–H and O–H groups in total. The van der Waals surface area contributed by atoms with E-state index in [0.29, 0.717) is 40.9 Å². The average molecular weight is 478 g/mol. The van der Waals surface area contributed by atoms with E-state index in [1.165, 1.54) is 11.3 Å². The first kappa shape index (κ1) is 19.0. The zero-order chi connectivity index (χ0) is 19.7. The fraction of sp³-hybridized carbons (Fsp3) is 0.158. The minimum atomic E-state index is -0.305. The van der Waals surface area contributed by atoms with Crippen molar-refractivity contribution in [3.63, 3.8) is 0 Å². The first-order valence-corrected chi connectivity index (χ1v) is 10.5. The van der Waals surface area contributed by atoms with Crippen LogP contribution in [0.15, 0.2) is 47.1 Å². The van der Waals surface area contributed by atoms with Crippen molar-refractivity contribution in [2.45, 2.75) is 13.0 Å². The topological polar surface area (TPSA) is 75.2 Å². The van der Waals surface area contributed by atoms with Crippen molar-refractivity contribution in [2.75, 3.05) is 11.9 Å². The van der Waals surface area contributed by atoms with Crippen molar-refractivity contribution in [3.8, 4) is 0 Å². The van der Waals surface area contributed by atoms with Crippen molar-refractivity contribution in [1.29, 1.82) is 0 Å². The van der Waals surface area contributed by atoms with Gasteiger partial charge in [0.2, 0.25) is 0 Å². The third-order valence-electron chi connectivity index (χ3n) is 4.30. The molecule has 142 valence electrons. The third kappa shape index (κ3) is 3.94. The van der Waals surface area contributed by atoms with Crippen LogP contribution < -0.4 is 5.32 Å². The lowest BCUT2D eigenvalue weighted by atomic mass is 10.1. The van der Waals surface area contributed by atoms with E-state index in [0.717, 1.165) is 15.0 Å². The quantitative estimate of drug-likeness (QED) is 0.606. The second kappa shape index (κ2) is 7.98. The number of hydrogen-bond acceptors (Lipinski definition) is 5. The zero-order valence-corrected chi connectivity index (χ0v) is 17.6. The SMILES string of the molecule is O=C(Nc1nc2c(s1)CN(C(=O)c1cc(Br)ccc1Cl)CC2)c1ccccn1. The summed E-state index contributed by atoms with van der Waals surface area (Å²) in [6, 6.07) is 10.4. The van der Waals surface area contributed by atoms with Gasteiger partial charge >= 0.3 is 0 Å². The molecule has 6 nitrogen and oxygen atoms in total. The Morgan fingerprint density at radius 1 is 1.25 bits per heavy atom. The van der Waals surface area contributed by atoms with Gasteiger partial charge in [-0.1, -0.05) is 44.9 Å². The molecule has 0 radical (unpaired) electrons. The van der Waals surface area contributed by atoms with Crippen LogP contribution in [0.25, 0.3) is 0 Å². The first-order valence-electron chi connectivity index (χ1n) is 8.46. The average Bonchev–Trinajstić information content (AvgIpc) is 3.11. The summed E-state index contributed by atoms with van der Waals surface area (Å²) in [5.41, 5.74) is 1.70. The van der Waals surface area contributed by atoms with Crippen molar-refractivity contribution < 1.29 is 9.59 Å². The molecular weight excluding hydrogens is 464 g/mol. The molecular formula is C19H14BrClN4O2S. The Hall–Kier alpha value is -2.29. The van der Waals surface area contributed by atoms with Crippen LogP contribution in [0.1, 0.15) is 31.4 Å². The number of pyridine rings is 1.